The largest absolute Gasteiger partial charge is 0.489 e. The van der Waals surface area contributed by atoms with Crippen molar-refractivity contribution in [1.82, 2.24) is 19.8 Å². The van der Waals surface area contributed by atoms with Crippen molar-refractivity contribution in [2.75, 3.05) is 7.05 Å². The molecule has 8 heteroatoms. The number of benzene rings is 1. The summed E-state index contributed by atoms with van der Waals surface area (Å²) < 4.78 is 12.7. The van der Waals surface area contributed by atoms with Crippen LogP contribution in [0.5, 0.6) is 5.75 Å². The Morgan fingerprint density at radius 1 is 1.31 bits per heavy atom. The van der Waals surface area contributed by atoms with Gasteiger partial charge < -0.3 is 14.2 Å². The first-order valence-electron chi connectivity index (χ1n) is 8.01. The van der Waals surface area contributed by atoms with Crippen molar-refractivity contribution in [2.24, 2.45) is 7.05 Å². The lowest BCUT2D eigenvalue weighted by Gasteiger charge is -2.16. The summed E-state index contributed by atoms with van der Waals surface area (Å²) in [6.45, 7) is 2.35. The van der Waals surface area contributed by atoms with Crippen LogP contribution in [0.25, 0.3) is 0 Å². The van der Waals surface area contributed by atoms with Gasteiger partial charge in [-0.15, -0.1) is 0 Å². The summed E-state index contributed by atoms with van der Waals surface area (Å²) in [6.07, 6.45) is 1.69. The summed E-state index contributed by atoms with van der Waals surface area (Å²) >= 11 is 5.87. The minimum absolute atomic E-state index is 0.178. The van der Waals surface area contributed by atoms with Crippen LogP contribution in [-0.4, -0.2) is 32.8 Å². The van der Waals surface area contributed by atoms with Gasteiger partial charge in [0.15, 0.2) is 5.69 Å². The van der Waals surface area contributed by atoms with E-state index in [0.29, 0.717) is 28.6 Å². The SMILES string of the molecule is Cc1onc(C(=O)N(C)Cc2ccnn2C)c1COc1ccc(Cl)cc1. The highest BCUT2D eigenvalue weighted by Gasteiger charge is 2.24. The van der Waals surface area contributed by atoms with Crippen LogP contribution >= 0.6 is 11.6 Å². The van der Waals surface area contributed by atoms with Gasteiger partial charge in [-0.1, -0.05) is 16.8 Å². The Labute approximate surface area is 156 Å². The molecule has 0 aliphatic heterocycles. The average molecular weight is 375 g/mol. The summed E-state index contributed by atoms with van der Waals surface area (Å²) in [5.74, 6) is 0.964. The van der Waals surface area contributed by atoms with Crippen LogP contribution in [0.3, 0.4) is 0 Å². The number of hydrogen-bond donors (Lipinski definition) is 0. The lowest BCUT2D eigenvalue weighted by atomic mass is 10.2. The standard InChI is InChI=1S/C18H19ClN4O3/c1-12-16(11-25-15-6-4-13(19)5-7-15)17(21-26-12)18(24)22(2)10-14-8-9-20-23(14)3/h4-9H,10-11H2,1-3H3. The molecule has 26 heavy (non-hydrogen) atoms. The zero-order chi connectivity index (χ0) is 18.7. The summed E-state index contributed by atoms with van der Waals surface area (Å²) in [4.78, 5) is 14.3. The van der Waals surface area contributed by atoms with Gasteiger partial charge in [-0.3, -0.25) is 9.48 Å². The molecule has 2 heterocycles. The predicted molar refractivity (Wildman–Crippen MR) is 96.0 cm³/mol. The third-order valence-corrected chi connectivity index (χ3v) is 4.30. The molecule has 7 nitrogen and oxygen atoms in total. The van der Waals surface area contributed by atoms with Gasteiger partial charge in [0.2, 0.25) is 0 Å². The highest BCUT2D eigenvalue weighted by atomic mass is 35.5. The van der Waals surface area contributed by atoms with Crippen molar-refractivity contribution >= 4 is 17.5 Å². The van der Waals surface area contributed by atoms with E-state index in [9.17, 15) is 4.79 Å². The van der Waals surface area contributed by atoms with Crippen LogP contribution in [0.15, 0.2) is 41.1 Å². The summed E-state index contributed by atoms with van der Waals surface area (Å²) in [5.41, 5.74) is 1.79. The van der Waals surface area contributed by atoms with E-state index in [2.05, 4.69) is 10.3 Å². The fourth-order valence-corrected chi connectivity index (χ4v) is 2.59. The van der Waals surface area contributed by atoms with Crippen molar-refractivity contribution in [3.8, 4) is 5.75 Å². The van der Waals surface area contributed by atoms with Crippen molar-refractivity contribution in [1.29, 1.82) is 0 Å². The number of nitrogens with zero attached hydrogens (tertiary/aromatic N) is 4. The van der Waals surface area contributed by atoms with E-state index in [-0.39, 0.29) is 18.2 Å². The Hall–Kier alpha value is -2.80. The number of carbonyl (C=O) groups excluding carboxylic acids is 1. The van der Waals surface area contributed by atoms with Gasteiger partial charge in [0.25, 0.3) is 5.91 Å². The number of aromatic nitrogens is 3. The van der Waals surface area contributed by atoms with E-state index in [1.54, 1.807) is 54.0 Å². The van der Waals surface area contributed by atoms with Crippen LogP contribution in [0.2, 0.25) is 5.02 Å². The second kappa shape index (κ2) is 7.61. The molecular weight excluding hydrogens is 356 g/mol. The summed E-state index contributed by atoms with van der Waals surface area (Å²) in [5, 5.41) is 8.66. The number of carbonyl (C=O) groups is 1. The van der Waals surface area contributed by atoms with Gasteiger partial charge in [-0.05, 0) is 37.3 Å². The Kier molecular flexibility index (Phi) is 5.27. The van der Waals surface area contributed by atoms with E-state index in [4.69, 9.17) is 20.9 Å². The minimum Gasteiger partial charge on any atom is -0.489 e. The Morgan fingerprint density at radius 2 is 2.04 bits per heavy atom. The first-order chi connectivity index (χ1) is 12.5. The molecule has 0 radical (unpaired) electrons. The van der Waals surface area contributed by atoms with Crippen LogP contribution in [0.1, 0.15) is 27.5 Å². The Bertz CT molecular complexity index is 902. The van der Waals surface area contributed by atoms with Crippen LogP contribution < -0.4 is 4.74 Å². The lowest BCUT2D eigenvalue weighted by Crippen LogP contribution is -2.28. The predicted octanol–water partition coefficient (Wildman–Crippen LogP) is 3.22. The smallest absolute Gasteiger partial charge is 0.276 e. The molecule has 0 saturated heterocycles. The van der Waals surface area contributed by atoms with E-state index >= 15 is 0 Å². The molecule has 0 bridgehead atoms. The molecular formula is C18H19ClN4O3. The van der Waals surface area contributed by atoms with E-state index in [1.165, 1.54) is 0 Å². The quantitative estimate of drug-likeness (QED) is 0.662. The van der Waals surface area contributed by atoms with E-state index in [1.807, 2.05) is 13.1 Å². The molecule has 1 aromatic carbocycles. The highest BCUT2D eigenvalue weighted by Crippen LogP contribution is 2.21. The number of hydrogen-bond acceptors (Lipinski definition) is 5. The minimum atomic E-state index is -0.238. The highest BCUT2D eigenvalue weighted by molar-refractivity contribution is 6.30. The third kappa shape index (κ3) is 3.88. The molecule has 1 amide bonds. The topological polar surface area (TPSA) is 73.4 Å². The number of aryl methyl sites for hydroxylation is 2. The van der Waals surface area contributed by atoms with Gasteiger partial charge in [0, 0.05) is 25.3 Å². The maximum absolute atomic E-state index is 12.8. The number of halogens is 1. The molecule has 0 atom stereocenters. The van der Waals surface area contributed by atoms with Gasteiger partial charge in [-0.25, -0.2) is 0 Å². The normalized spacial score (nSPS) is 10.8. The molecule has 3 rings (SSSR count). The maximum atomic E-state index is 12.8. The van der Waals surface area contributed by atoms with Crippen molar-refractivity contribution in [3.63, 3.8) is 0 Å². The zero-order valence-corrected chi connectivity index (χ0v) is 15.5. The number of amides is 1. The van der Waals surface area contributed by atoms with E-state index in [0.717, 1.165) is 5.69 Å². The molecule has 0 spiro atoms. The molecule has 136 valence electrons. The molecule has 0 fully saturated rings. The number of rotatable bonds is 6. The van der Waals surface area contributed by atoms with Crippen molar-refractivity contribution < 1.29 is 14.1 Å². The Morgan fingerprint density at radius 3 is 2.69 bits per heavy atom. The first-order valence-corrected chi connectivity index (χ1v) is 8.39. The molecule has 0 aliphatic rings. The average Bonchev–Trinajstić information content (AvgIpc) is 3.19. The van der Waals surface area contributed by atoms with E-state index < -0.39 is 0 Å². The van der Waals surface area contributed by atoms with Crippen LogP contribution in [0, 0.1) is 6.92 Å². The molecule has 0 saturated carbocycles. The summed E-state index contributed by atoms with van der Waals surface area (Å²) in [6, 6.07) is 8.88. The molecule has 3 aromatic rings. The molecule has 2 aromatic heterocycles. The second-order valence-corrected chi connectivity index (χ2v) is 6.35. The van der Waals surface area contributed by atoms with Gasteiger partial charge in [0.05, 0.1) is 17.8 Å². The number of ether oxygens (including phenoxy) is 1. The Balaban J connectivity index is 1.72. The van der Waals surface area contributed by atoms with Crippen LogP contribution in [0.4, 0.5) is 0 Å². The fraction of sp³-hybridized carbons (Fsp3) is 0.278. The maximum Gasteiger partial charge on any atom is 0.276 e. The third-order valence-electron chi connectivity index (χ3n) is 4.05. The molecule has 0 unspecified atom stereocenters. The van der Waals surface area contributed by atoms with Crippen LogP contribution in [-0.2, 0) is 20.2 Å². The van der Waals surface area contributed by atoms with Gasteiger partial charge in [-0.2, -0.15) is 5.10 Å². The lowest BCUT2D eigenvalue weighted by molar-refractivity contribution is 0.0769. The molecule has 0 aliphatic carbocycles. The first kappa shape index (κ1) is 18.0. The fourth-order valence-electron chi connectivity index (χ4n) is 2.47. The van der Waals surface area contributed by atoms with Crippen molar-refractivity contribution in [3.05, 3.63) is 64.3 Å². The monoisotopic (exact) mass is 374 g/mol. The van der Waals surface area contributed by atoms with Gasteiger partial charge >= 0.3 is 0 Å². The zero-order valence-electron chi connectivity index (χ0n) is 14.8. The second-order valence-electron chi connectivity index (χ2n) is 5.92. The summed E-state index contributed by atoms with van der Waals surface area (Å²) in [7, 11) is 3.54. The van der Waals surface area contributed by atoms with Crippen molar-refractivity contribution in [2.45, 2.75) is 20.1 Å². The van der Waals surface area contributed by atoms with Gasteiger partial charge in [0.1, 0.15) is 18.1 Å². The molecule has 0 N–H and O–H groups in total.